The Bertz CT molecular complexity index is 241. The van der Waals surface area contributed by atoms with E-state index in [1.165, 1.54) is 16.7 Å². The Morgan fingerprint density at radius 1 is 0.923 bits per heavy atom. The molecule has 1 nitrogen and oxygen atoms in total. The van der Waals surface area contributed by atoms with E-state index in [1.807, 2.05) is 0 Å². The second-order valence-electron chi connectivity index (χ2n) is 2.93. The van der Waals surface area contributed by atoms with Crippen LogP contribution >= 0.6 is 0 Å². The molecule has 0 aliphatic carbocycles. The normalized spacial score (nSPS) is 8.31. The van der Waals surface area contributed by atoms with Gasteiger partial charge in [-0.15, -0.1) is 0 Å². The van der Waals surface area contributed by atoms with Gasteiger partial charge in [-0.2, -0.15) is 0 Å². The summed E-state index contributed by atoms with van der Waals surface area (Å²) < 4.78 is 5.23. The lowest BCUT2D eigenvalue weighted by molar-refractivity contribution is 0.408. The van der Waals surface area contributed by atoms with Crippen molar-refractivity contribution in [1.29, 1.82) is 0 Å². The van der Waals surface area contributed by atoms with Crippen molar-refractivity contribution < 1.29 is 4.74 Å². The van der Waals surface area contributed by atoms with E-state index in [1.54, 1.807) is 7.11 Å². The van der Waals surface area contributed by atoms with E-state index in [-0.39, 0.29) is 14.9 Å². The molecule has 0 aliphatic rings. The molecular formula is C12H22O. The molecule has 0 saturated carbocycles. The fourth-order valence-corrected chi connectivity index (χ4v) is 1.49. The second-order valence-corrected chi connectivity index (χ2v) is 2.93. The fraction of sp³-hybridized carbons (Fsp3) is 0.500. The third-order valence-electron chi connectivity index (χ3n) is 1.81. The number of hydrogen-bond donors (Lipinski definition) is 0. The average molecular weight is 182 g/mol. The van der Waals surface area contributed by atoms with Crippen LogP contribution in [0, 0.1) is 20.8 Å². The summed E-state index contributed by atoms with van der Waals surface area (Å²) in [5.41, 5.74) is 3.72. The predicted molar refractivity (Wildman–Crippen MR) is 60.7 cm³/mol. The topological polar surface area (TPSA) is 9.23 Å². The molecule has 0 N–H and O–H groups in total. The van der Waals surface area contributed by atoms with E-state index in [4.69, 9.17) is 4.74 Å². The molecule has 0 atom stereocenters. The lowest BCUT2D eigenvalue weighted by Gasteiger charge is -2.08. The summed E-state index contributed by atoms with van der Waals surface area (Å²) >= 11 is 0. The molecule has 0 aliphatic heterocycles. The third-order valence-corrected chi connectivity index (χ3v) is 1.81. The van der Waals surface area contributed by atoms with Gasteiger partial charge in [0.2, 0.25) is 0 Å². The maximum atomic E-state index is 5.23. The van der Waals surface area contributed by atoms with Gasteiger partial charge in [-0.1, -0.05) is 32.5 Å². The molecule has 0 spiro atoms. The summed E-state index contributed by atoms with van der Waals surface area (Å²) in [6, 6.07) is 4.26. The van der Waals surface area contributed by atoms with Crippen LogP contribution in [0.25, 0.3) is 0 Å². The minimum atomic E-state index is 0. The smallest absolute Gasteiger partial charge is 0.124 e. The maximum Gasteiger partial charge on any atom is 0.124 e. The van der Waals surface area contributed by atoms with Crippen molar-refractivity contribution in [3.8, 4) is 5.75 Å². The maximum absolute atomic E-state index is 5.23. The number of rotatable bonds is 1. The standard InChI is InChI=1S/C10H14O.2CH4/c1-7-5-8(2)10(11-4)9(3)6-7;;/h5-6H,1-4H3;2*1H4. The molecule has 0 bridgehead atoms. The zero-order valence-corrected chi connectivity index (χ0v) is 7.56. The first kappa shape index (κ1) is 14.5. The van der Waals surface area contributed by atoms with E-state index in [0.717, 1.165) is 5.75 Å². The van der Waals surface area contributed by atoms with E-state index in [0.29, 0.717) is 0 Å². The van der Waals surface area contributed by atoms with Crippen LogP contribution in [0.3, 0.4) is 0 Å². The van der Waals surface area contributed by atoms with E-state index in [9.17, 15) is 0 Å². The van der Waals surface area contributed by atoms with Crippen molar-refractivity contribution in [3.05, 3.63) is 28.8 Å². The Labute approximate surface area is 82.7 Å². The molecule has 13 heavy (non-hydrogen) atoms. The molecule has 0 heterocycles. The van der Waals surface area contributed by atoms with Crippen LogP contribution in [0.4, 0.5) is 0 Å². The van der Waals surface area contributed by atoms with Crippen molar-refractivity contribution in [2.45, 2.75) is 35.6 Å². The largest absolute Gasteiger partial charge is 0.496 e. The fourth-order valence-electron chi connectivity index (χ4n) is 1.49. The number of benzene rings is 1. The molecule has 1 heteroatoms. The molecule has 0 radical (unpaired) electrons. The van der Waals surface area contributed by atoms with Crippen LogP contribution < -0.4 is 4.74 Å². The van der Waals surface area contributed by atoms with Gasteiger partial charge in [0.1, 0.15) is 5.75 Å². The minimum absolute atomic E-state index is 0. The highest BCUT2D eigenvalue weighted by Gasteiger charge is 2.01. The van der Waals surface area contributed by atoms with Gasteiger partial charge in [-0.25, -0.2) is 0 Å². The van der Waals surface area contributed by atoms with Gasteiger partial charge in [0, 0.05) is 0 Å². The zero-order chi connectivity index (χ0) is 8.43. The summed E-state index contributed by atoms with van der Waals surface area (Å²) in [6.07, 6.45) is 0. The van der Waals surface area contributed by atoms with Gasteiger partial charge >= 0.3 is 0 Å². The number of hydrogen-bond acceptors (Lipinski definition) is 1. The molecule has 1 aromatic carbocycles. The molecule has 1 rings (SSSR count). The van der Waals surface area contributed by atoms with Gasteiger partial charge in [0.15, 0.2) is 0 Å². The predicted octanol–water partition coefficient (Wildman–Crippen LogP) is 3.89. The van der Waals surface area contributed by atoms with Crippen LogP contribution in [0.2, 0.25) is 0 Å². The van der Waals surface area contributed by atoms with Crippen LogP contribution in [0.1, 0.15) is 31.5 Å². The van der Waals surface area contributed by atoms with Gasteiger partial charge < -0.3 is 4.74 Å². The Morgan fingerprint density at radius 3 is 1.62 bits per heavy atom. The van der Waals surface area contributed by atoms with Crippen molar-refractivity contribution >= 4 is 0 Å². The average Bonchev–Trinajstić information content (AvgIpc) is 1.85. The molecule has 1 aromatic rings. The second kappa shape index (κ2) is 5.63. The summed E-state index contributed by atoms with van der Waals surface area (Å²) in [6.45, 7) is 6.23. The lowest BCUT2D eigenvalue weighted by Crippen LogP contribution is -1.91. The Balaban J connectivity index is 0. The Kier molecular flexibility index (Phi) is 6.30. The Morgan fingerprint density at radius 2 is 1.31 bits per heavy atom. The van der Waals surface area contributed by atoms with Gasteiger partial charge in [0.25, 0.3) is 0 Å². The quantitative estimate of drug-likeness (QED) is 0.640. The summed E-state index contributed by atoms with van der Waals surface area (Å²) in [5.74, 6) is 1.01. The van der Waals surface area contributed by atoms with E-state index >= 15 is 0 Å². The van der Waals surface area contributed by atoms with Gasteiger partial charge in [0.05, 0.1) is 7.11 Å². The van der Waals surface area contributed by atoms with Crippen LogP contribution in [0.5, 0.6) is 5.75 Å². The molecule has 0 saturated heterocycles. The molecule has 76 valence electrons. The van der Waals surface area contributed by atoms with E-state index < -0.39 is 0 Å². The number of ether oxygens (including phenoxy) is 1. The molecule has 0 aromatic heterocycles. The van der Waals surface area contributed by atoms with Crippen molar-refractivity contribution in [2.75, 3.05) is 7.11 Å². The highest BCUT2D eigenvalue weighted by atomic mass is 16.5. The Hall–Kier alpha value is -0.980. The monoisotopic (exact) mass is 182 g/mol. The highest BCUT2D eigenvalue weighted by Crippen LogP contribution is 2.23. The molecule has 0 fully saturated rings. The third kappa shape index (κ3) is 3.10. The first-order chi connectivity index (χ1) is 5.15. The lowest BCUT2D eigenvalue weighted by atomic mass is 10.1. The molecule has 0 unspecified atom stereocenters. The van der Waals surface area contributed by atoms with Crippen molar-refractivity contribution in [1.82, 2.24) is 0 Å². The van der Waals surface area contributed by atoms with Crippen LogP contribution in [-0.2, 0) is 0 Å². The first-order valence-electron chi connectivity index (χ1n) is 3.77. The van der Waals surface area contributed by atoms with Crippen molar-refractivity contribution in [3.63, 3.8) is 0 Å². The van der Waals surface area contributed by atoms with E-state index in [2.05, 4.69) is 32.9 Å². The van der Waals surface area contributed by atoms with Gasteiger partial charge in [-0.3, -0.25) is 0 Å². The van der Waals surface area contributed by atoms with Crippen LogP contribution in [0.15, 0.2) is 12.1 Å². The number of aryl methyl sites for hydroxylation is 3. The molecule has 0 amide bonds. The summed E-state index contributed by atoms with van der Waals surface area (Å²) in [7, 11) is 1.71. The SMILES string of the molecule is C.C.COc1c(C)cc(C)cc1C. The van der Waals surface area contributed by atoms with Crippen molar-refractivity contribution in [2.24, 2.45) is 0 Å². The summed E-state index contributed by atoms with van der Waals surface area (Å²) in [5, 5.41) is 0. The summed E-state index contributed by atoms with van der Waals surface area (Å²) in [4.78, 5) is 0. The zero-order valence-electron chi connectivity index (χ0n) is 7.56. The highest BCUT2D eigenvalue weighted by molar-refractivity contribution is 5.42. The van der Waals surface area contributed by atoms with Gasteiger partial charge in [-0.05, 0) is 31.9 Å². The van der Waals surface area contributed by atoms with Crippen LogP contribution in [-0.4, -0.2) is 7.11 Å². The molecular weight excluding hydrogens is 160 g/mol. The number of methoxy groups -OCH3 is 1. The minimum Gasteiger partial charge on any atom is -0.496 e. The first-order valence-corrected chi connectivity index (χ1v) is 3.77.